The monoisotopic (exact) mass is 260 g/mol. The van der Waals surface area contributed by atoms with Crippen LogP contribution in [0.15, 0.2) is 18.2 Å². The van der Waals surface area contributed by atoms with Crippen molar-refractivity contribution in [1.29, 1.82) is 0 Å². The topological polar surface area (TPSA) is 29.3 Å². The lowest BCUT2D eigenvalue weighted by Gasteiger charge is -2.34. The fourth-order valence-corrected chi connectivity index (χ4v) is 3.19. The molecule has 1 saturated carbocycles. The summed E-state index contributed by atoms with van der Waals surface area (Å²) in [5.74, 6) is 0. The summed E-state index contributed by atoms with van der Waals surface area (Å²) in [5.41, 5.74) is 10.1. The van der Waals surface area contributed by atoms with Gasteiger partial charge in [-0.25, -0.2) is 0 Å². The molecule has 0 aliphatic heterocycles. The zero-order chi connectivity index (χ0) is 13.7. The van der Waals surface area contributed by atoms with Gasteiger partial charge in [0.15, 0.2) is 0 Å². The van der Waals surface area contributed by atoms with Crippen LogP contribution >= 0.6 is 0 Å². The lowest BCUT2D eigenvalue weighted by atomic mass is 9.93. The van der Waals surface area contributed by atoms with Crippen LogP contribution in [0.2, 0.25) is 0 Å². The van der Waals surface area contributed by atoms with Gasteiger partial charge in [0.05, 0.1) is 0 Å². The SMILES string of the molecule is Cc1ccc(C)c(CN(CCN)C2CCCCC2)c1. The van der Waals surface area contributed by atoms with E-state index in [0.717, 1.165) is 25.7 Å². The fourth-order valence-electron chi connectivity index (χ4n) is 3.19. The molecule has 0 amide bonds. The van der Waals surface area contributed by atoms with Crippen molar-refractivity contribution in [3.8, 4) is 0 Å². The fraction of sp³-hybridized carbons (Fsp3) is 0.647. The highest BCUT2D eigenvalue weighted by Crippen LogP contribution is 2.24. The first-order chi connectivity index (χ1) is 9.20. The molecule has 0 spiro atoms. The Hall–Kier alpha value is -0.860. The van der Waals surface area contributed by atoms with E-state index in [1.165, 1.54) is 48.8 Å². The van der Waals surface area contributed by atoms with Gasteiger partial charge in [0, 0.05) is 25.7 Å². The number of nitrogens with two attached hydrogens (primary N) is 1. The van der Waals surface area contributed by atoms with Gasteiger partial charge in [0.1, 0.15) is 0 Å². The van der Waals surface area contributed by atoms with Crippen LogP contribution in [0.4, 0.5) is 0 Å². The lowest BCUT2D eigenvalue weighted by molar-refractivity contribution is 0.152. The van der Waals surface area contributed by atoms with Gasteiger partial charge in [0.25, 0.3) is 0 Å². The molecule has 0 heterocycles. The van der Waals surface area contributed by atoms with E-state index < -0.39 is 0 Å². The number of benzene rings is 1. The van der Waals surface area contributed by atoms with Crippen LogP contribution in [0.1, 0.15) is 48.8 Å². The van der Waals surface area contributed by atoms with Crippen molar-refractivity contribution in [3.63, 3.8) is 0 Å². The molecule has 1 aromatic carbocycles. The first-order valence-corrected chi connectivity index (χ1v) is 7.71. The van der Waals surface area contributed by atoms with Crippen molar-refractivity contribution >= 4 is 0 Å². The summed E-state index contributed by atoms with van der Waals surface area (Å²) in [6.07, 6.45) is 6.89. The van der Waals surface area contributed by atoms with Crippen LogP contribution in [0, 0.1) is 13.8 Å². The van der Waals surface area contributed by atoms with Gasteiger partial charge in [-0.15, -0.1) is 0 Å². The van der Waals surface area contributed by atoms with E-state index in [2.05, 4.69) is 36.9 Å². The van der Waals surface area contributed by atoms with E-state index >= 15 is 0 Å². The molecule has 1 aliphatic carbocycles. The van der Waals surface area contributed by atoms with Crippen molar-refractivity contribution in [2.75, 3.05) is 13.1 Å². The summed E-state index contributed by atoms with van der Waals surface area (Å²) in [7, 11) is 0. The van der Waals surface area contributed by atoms with E-state index in [-0.39, 0.29) is 0 Å². The first kappa shape index (κ1) is 14.5. The normalized spacial score (nSPS) is 17.1. The smallest absolute Gasteiger partial charge is 0.0239 e. The van der Waals surface area contributed by atoms with Gasteiger partial charge in [-0.2, -0.15) is 0 Å². The quantitative estimate of drug-likeness (QED) is 0.879. The van der Waals surface area contributed by atoms with Gasteiger partial charge in [-0.3, -0.25) is 4.90 Å². The zero-order valence-corrected chi connectivity index (χ0v) is 12.5. The van der Waals surface area contributed by atoms with Crippen LogP contribution in [0.5, 0.6) is 0 Å². The Morgan fingerprint density at radius 1 is 1.16 bits per heavy atom. The lowest BCUT2D eigenvalue weighted by Crippen LogP contribution is -2.39. The molecule has 2 N–H and O–H groups in total. The minimum absolute atomic E-state index is 0.747. The third-order valence-electron chi connectivity index (χ3n) is 4.39. The maximum Gasteiger partial charge on any atom is 0.0239 e. The van der Waals surface area contributed by atoms with Crippen LogP contribution in [0.3, 0.4) is 0 Å². The maximum atomic E-state index is 5.82. The predicted octanol–water partition coefficient (Wildman–Crippen LogP) is 3.40. The highest BCUT2D eigenvalue weighted by atomic mass is 15.2. The van der Waals surface area contributed by atoms with Crippen molar-refractivity contribution in [2.24, 2.45) is 5.73 Å². The van der Waals surface area contributed by atoms with Gasteiger partial charge in [0.2, 0.25) is 0 Å². The maximum absolute atomic E-state index is 5.82. The Labute approximate surface area is 118 Å². The summed E-state index contributed by atoms with van der Waals surface area (Å²) in [6.45, 7) is 7.25. The number of rotatable bonds is 5. The molecule has 0 aromatic heterocycles. The van der Waals surface area contributed by atoms with Crippen LogP contribution in [-0.2, 0) is 6.54 Å². The molecule has 0 bridgehead atoms. The third kappa shape index (κ3) is 4.05. The van der Waals surface area contributed by atoms with Crippen molar-refractivity contribution in [2.45, 2.75) is 58.5 Å². The van der Waals surface area contributed by atoms with E-state index in [9.17, 15) is 0 Å². The Balaban J connectivity index is 2.08. The summed E-state index contributed by atoms with van der Waals surface area (Å²) >= 11 is 0. The number of aryl methyl sites for hydroxylation is 2. The summed E-state index contributed by atoms with van der Waals surface area (Å²) in [6, 6.07) is 7.53. The molecule has 19 heavy (non-hydrogen) atoms. The summed E-state index contributed by atoms with van der Waals surface area (Å²) in [4.78, 5) is 2.61. The Morgan fingerprint density at radius 3 is 2.58 bits per heavy atom. The Kier molecular flexibility index (Phi) is 5.41. The molecule has 2 nitrogen and oxygen atoms in total. The number of hydrogen-bond acceptors (Lipinski definition) is 2. The first-order valence-electron chi connectivity index (χ1n) is 7.71. The average molecular weight is 260 g/mol. The van der Waals surface area contributed by atoms with Crippen molar-refractivity contribution in [1.82, 2.24) is 4.90 Å². The van der Waals surface area contributed by atoms with Crippen molar-refractivity contribution < 1.29 is 0 Å². The van der Waals surface area contributed by atoms with Gasteiger partial charge in [-0.1, -0.05) is 43.0 Å². The highest BCUT2D eigenvalue weighted by Gasteiger charge is 2.21. The van der Waals surface area contributed by atoms with E-state index in [1.807, 2.05) is 0 Å². The Bertz CT molecular complexity index is 394. The molecule has 0 unspecified atom stereocenters. The van der Waals surface area contributed by atoms with E-state index in [0.29, 0.717) is 0 Å². The molecular weight excluding hydrogens is 232 g/mol. The number of nitrogens with zero attached hydrogens (tertiary/aromatic N) is 1. The standard InChI is InChI=1S/C17H28N2/c1-14-8-9-15(2)16(12-14)13-19(11-10-18)17-6-4-3-5-7-17/h8-9,12,17H,3-7,10-11,13,18H2,1-2H3. The summed E-state index contributed by atoms with van der Waals surface area (Å²) < 4.78 is 0. The average Bonchev–Trinajstić information content (AvgIpc) is 2.43. The molecule has 106 valence electrons. The second kappa shape index (κ2) is 7.06. The molecule has 2 rings (SSSR count). The molecule has 0 saturated heterocycles. The summed E-state index contributed by atoms with van der Waals surface area (Å²) in [5, 5.41) is 0. The van der Waals surface area contributed by atoms with Crippen LogP contribution in [0.25, 0.3) is 0 Å². The minimum atomic E-state index is 0.747. The molecule has 0 atom stereocenters. The van der Waals surface area contributed by atoms with Crippen molar-refractivity contribution in [3.05, 3.63) is 34.9 Å². The van der Waals surface area contributed by atoms with E-state index in [1.54, 1.807) is 0 Å². The molecule has 1 aliphatic rings. The molecule has 0 radical (unpaired) electrons. The largest absolute Gasteiger partial charge is 0.329 e. The van der Waals surface area contributed by atoms with Crippen LogP contribution < -0.4 is 5.73 Å². The van der Waals surface area contributed by atoms with Crippen LogP contribution in [-0.4, -0.2) is 24.0 Å². The zero-order valence-electron chi connectivity index (χ0n) is 12.5. The molecule has 1 aromatic rings. The number of hydrogen-bond donors (Lipinski definition) is 1. The highest BCUT2D eigenvalue weighted by molar-refractivity contribution is 5.30. The predicted molar refractivity (Wildman–Crippen MR) is 82.3 cm³/mol. The van der Waals surface area contributed by atoms with Gasteiger partial charge < -0.3 is 5.73 Å². The van der Waals surface area contributed by atoms with Gasteiger partial charge >= 0.3 is 0 Å². The second-order valence-corrected chi connectivity index (χ2v) is 5.98. The molecule has 1 fully saturated rings. The van der Waals surface area contributed by atoms with E-state index in [4.69, 9.17) is 5.73 Å². The molecular formula is C17H28N2. The second-order valence-electron chi connectivity index (χ2n) is 5.98. The third-order valence-corrected chi connectivity index (χ3v) is 4.39. The minimum Gasteiger partial charge on any atom is -0.329 e. The Morgan fingerprint density at radius 2 is 1.89 bits per heavy atom. The van der Waals surface area contributed by atoms with Gasteiger partial charge in [-0.05, 0) is 37.8 Å². The molecule has 2 heteroatoms.